The number of thioether (sulfide) groups is 1. The zero-order valence-electron chi connectivity index (χ0n) is 12.5. The maximum atomic E-state index is 12.1. The Kier molecular flexibility index (Phi) is 6.72. The second-order valence-corrected chi connectivity index (χ2v) is 7.15. The number of amides is 2. The Bertz CT molecular complexity index is 541. The van der Waals surface area contributed by atoms with Crippen LogP contribution < -0.4 is 10.6 Å². The lowest BCUT2D eigenvalue weighted by Crippen LogP contribution is -2.51. The largest absolute Gasteiger partial charge is 0.339 e. The van der Waals surface area contributed by atoms with Gasteiger partial charge in [-0.25, -0.2) is 0 Å². The van der Waals surface area contributed by atoms with Gasteiger partial charge in [0.05, 0.1) is 11.5 Å². The summed E-state index contributed by atoms with van der Waals surface area (Å²) in [7, 11) is 0. The molecular formula is C15H20BrN3O2S. The van der Waals surface area contributed by atoms with Crippen molar-refractivity contribution < 1.29 is 9.59 Å². The second kappa shape index (κ2) is 8.55. The number of halogens is 1. The van der Waals surface area contributed by atoms with Gasteiger partial charge in [-0.05, 0) is 25.1 Å². The highest BCUT2D eigenvalue weighted by Crippen LogP contribution is 2.16. The first kappa shape index (κ1) is 17.3. The fourth-order valence-electron chi connectivity index (χ4n) is 2.24. The van der Waals surface area contributed by atoms with Crippen molar-refractivity contribution in [2.75, 3.05) is 36.5 Å². The number of hydrogen-bond donors (Lipinski definition) is 2. The highest BCUT2D eigenvalue weighted by molar-refractivity contribution is 9.10. The fraction of sp³-hybridized carbons (Fsp3) is 0.467. The topological polar surface area (TPSA) is 61.4 Å². The smallest absolute Gasteiger partial charge is 0.234 e. The molecule has 2 rings (SSSR count). The van der Waals surface area contributed by atoms with E-state index < -0.39 is 0 Å². The van der Waals surface area contributed by atoms with Gasteiger partial charge in [-0.2, -0.15) is 0 Å². The minimum Gasteiger partial charge on any atom is -0.339 e. The van der Waals surface area contributed by atoms with E-state index in [0.717, 1.165) is 29.8 Å². The van der Waals surface area contributed by atoms with Crippen molar-refractivity contribution in [2.45, 2.75) is 13.0 Å². The van der Waals surface area contributed by atoms with Gasteiger partial charge in [0.1, 0.15) is 0 Å². The van der Waals surface area contributed by atoms with Crippen molar-refractivity contribution in [3.63, 3.8) is 0 Å². The van der Waals surface area contributed by atoms with Crippen molar-refractivity contribution >= 4 is 45.2 Å². The van der Waals surface area contributed by atoms with Gasteiger partial charge in [0.15, 0.2) is 0 Å². The number of rotatable bonds is 5. The first-order chi connectivity index (χ1) is 10.5. The highest BCUT2D eigenvalue weighted by atomic mass is 79.9. The average Bonchev–Trinajstić information content (AvgIpc) is 2.47. The molecule has 0 spiro atoms. The van der Waals surface area contributed by atoms with Crippen molar-refractivity contribution in [1.82, 2.24) is 10.2 Å². The highest BCUT2D eigenvalue weighted by Gasteiger charge is 2.20. The first-order valence-electron chi connectivity index (χ1n) is 7.19. The quantitative estimate of drug-likeness (QED) is 0.812. The van der Waals surface area contributed by atoms with Crippen molar-refractivity contribution in [3.05, 3.63) is 28.7 Å². The summed E-state index contributed by atoms with van der Waals surface area (Å²) < 4.78 is 0.918. The van der Waals surface area contributed by atoms with Crippen LogP contribution in [0.2, 0.25) is 0 Å². The van der Waals surface area contributed by atoms with Crippen LogP contribution in [0.25, 0.3) is 0 Å². The Hall–Kier alpha value is -1.05. The molecule has 7 heteroatoms. The molecule has 22 heavy (non-hydrogen) atoms. The standard InChI is InChI=1S/C15H20BrN3O2S/c1-11-8-19(6-5-17-11)15(21)10-22-9-14(20)18-13-4-2-3-12(16)7-13/h2-4,7,11,17H,5-6,8-10H2,1H3,(H,18,20)/t11-/m1/s1. The number of carbonyl (C=O) groups is 2. The van der Waals surface area contributed by atoms with Gasteiger partial charge in [0.2, 0.25) is 11.8 Å². The van der Waals surface area contributed by atoms with Crippen LogP contribution in [0.15, 0.2) is 28.7 Å². The molecule has 0 saturated carbocycles. The Labute approximate surface area is 143 Å². The van der Waals surface area contributed by atoms with E-state index in [1.54, 1.807) is 0 Å². The Morgan fingerprint density at radius 2 is 2.27 bits per heavy atom. The van der Waals surface area contributed by atoms with Crippen LogP contribution in [0.3, 0.4) is 0 Å². The van der Waals surface area contributed by atoms with E-state index in [0.29, 0.717) is 11.8 Å². The third-order valence-corrected chi connectivity index (χ3v) is 4.70. The van der Waals surface area contributed by atoms with E-state index in [9.17, 15) is 9.59 Å². The molecule has 1 aromatic rings. The van der Waals surface area contributed by atoms with Crippen molar-refractivity contribution in [2.24, 2.45) is 0 Å². The number of piperazine rings is 1. The summed E-state index contributed by atoms with van der Waals surface area (Å²) in [4.78, 5) is 25.8. The molecule has 0 aromatic heterocycles. The van der Waals surface area contributed by atoms with E-state index in [1.807, 2.05) is 29.2 Å². The molecule has 1 aliphatic heterocycles. The molecule has 1 aromatic carbocycles. The number of hydrogen-bond acceptors (Lipinski definition) is 4. The maximum absolute atomic E-state index is 12.1. The van der Waals surface area contributed by atoms with Gasteiger partial charge in [0.25, 0.3) is 0 Å². The Morgan fingerprint density at radius 1 is 1.45 bits per heavy atom. The predicted octanol–water partition coefficient (Wildman–Crippen LogP) is 1.94. The van der Waals surface area contributed by atoms with Gasteiger partial charge in [-0.3, -0.25) is 9.59 Å². The van der Waals surface area contributed by atoms with Crippen LogP contribution in [0.1, 0.15) is 6.92 Å². The van der Waals surface area contributed by atoms with E-state index in [4.69, 9.17) is 0 Å². The van der Waals surface area contributed by atoms with Crippen LogP contribution >= 0.6 is 27.7 Å². The van der Waals surface area contributed by atoms with Crippen LogP contribution in [0.5, 0.6) is 0 Å². The number of nitrogens with zero attached hydrogens (tertiary/aromatic N) is 1. The number of benzene rings is 1. The zero-order chi connectivity index (χ0) is 15.9. The molecule has 1 atom stereocenters. The van der Waals surface area contributed by atoms with E-state index in [2.05, 4.69) is 33.5 Å². The summed E-state index contributed by atoms with van der Waals surface area (Å²) in [6, 6.07) is 7.78. The van der Waals surface area contributed by atoms with Gasteiger partial charge < -0.3 is 15.5 Å². The Balaban J connectivity index is 1.69. The fourth-order valence-corrected chi connectivity index (χ4v) is 3.36. The second-order valence-electron chi connectivity index (χ2n) is 5.25. The molecule has 0 aliphatic carbocycles. The SMILES string of the molecule is C[C@@H]1CN(C(=O)CSCC(=O)Nc2cccc(Br)c2)CCN1. The minimum atomic E-state index is -0.0930. The summed E-state index contributed by atoms with van der Waals surface area (Å²) in [6.07, 6.45) is 0. The number of carbonyl (C=O) groups excluding carboxylic acids is 2. The molecule has 0 unspecified atom stereocenters. The molecule has 5 nitrogen and oxygen atoms in total. The first-order valence-corrected chi connectivity index (χ1v) is 9.13. The summed E-state index contributed by atoms with van der Waals surface area (Å²) >= 11 is 4.71. The van der Waals surface area contributed by atoms with E-state index in [1.165, 1.54) is 11.8 Å². The molecule has 0 bridgehead atoms. The molecule has 120 valence electrons. The van der Waals surface area contributed by atoms with Crippen molar-refractivity contribution in [1.29, 1.82) is 0 Å². The molecule has 1 aliphatic rings. The normalized spacial score (nSPS) is 18.1. The van der Waals surface area contributed by atoms with Crippen LogP contribution in [0, 0.1) is 0 Å². The molecule has 2 N–H and O–H groups in total. The molecule has 1 fully saturated rings. The average molecular weight is 386 g/mol. The third-order valence-electron chi connectivity index (χ3n) is 3.29. The zero-order valence-corrected chi connectivity index (χ0v) is 14.9. The molecule has 1 heterocycles. The van der Waals surface area contributed by atoms with Crippen LogP contribution in [-0.2, 0) is 9.59 Å². The van der Waals surface area contributed by atoms with Gasteiger partial charge in [-0.15, -0.1) is 11.8 Å². The van der Waals surface area contributed by atoms with Crippen LogP contribution in [0.4, 0.5) is 5.69 Å². The molecule has 2 amide bonds. The number of anilines is 1. The lowest BCUT2D eigenvalue weighted by molar-refractivity contribution is -0.129. The van der Waals surface area contributed by atoms with E-state index in [-0.39, 0.29) is 17.6 Å². The van der Waals surface area contributed by atoms with Crippen molar-refractivity contribution in [3.8, 4) is 0 Å². The summed E-state index contributed by atoms with van der Waals surface area (Å²) in [5.74, 6) is 0.636. The minimum absolute atomic E-state index is 0.0930. The summed E-state index contributed by atoms with van der Waals surface area (Å²) in [6.45, 7) is 4.39. The maximum Gasteiger partial charge on any atom is 0.234 e. The lowest BCUT2D eigenvalue weighted by Gasteiger charge is -2.31. The van der Waals surface area contributed by atoms with Gasteiger partial charge >= 0.3 is 0 Å². The monoisotopic (exact) mass is 385 g/mol. The van der Waals surface area contributed by atoms with Crippen LogP contribution in [-0.4, -0.2) is 53.9 Å². The lowest BCUT2D eigenvalue weighted by atomic mass is 10.2. The third kappa shape index (κ3) is 5.62. The molecular weight excluding hydrogens is 366 g/mol. The molecule has 0 radical (unpaired) electrons. The number of nitrogens with one attached hydrogen (secondary N) is 2. The van der Waals surface area contributed by atoms with E-state index >= 15 is 0 Å². The van der Waals surface area contributed by atoms with Gasteiger partial charge in [0, 0.05) is 35.8 Å². The van der Waals surface area contributed by atoms with Gasteiger partial charge in [-0.1, -0.05) is 22.0 Å². The Morgan fingerprint density at radius 3 is 3.00 bits per heavy atom. The summed E-state index contributed by atoms with van der Waals surface area (Å²) in [5, 5.41) is 6.12. The summed E-state index contributed by atoms with van der Waals surface area (Å²) in [5.41, 5.74) is 0.752. The molecule has 1 saturated heterocycles. The predicted molar refractivity (Wildman–Crippen MR) is 94.1 cm³/mol.